The molecule has 8 nitrogen and oxygen atoms in total. The molecule has 1 atom stereocenters. The molecule has 35 heavy (non-hydrogen) atoms. The molecular weight excluding hydrogens is 447 g/mol. The molecule has 0 spiro atoms. The number of aryl methyl sites for hydroxylation is 1. The third-order valence-corrected chi connectivity index (χ3v) is 5.70. The Morgan fingerprint density at radius 1 is 1.17 bits per heavy atom. The summed E-state index contributed by atoms with van der Waals surface area (Å²) in [6.45, 7) is 3.43. The van der Waals surface area contributed by atoms with Crippen LogP contribution in [0.25, 0.3) is 22.2 Å². The Morgan fingerprint density at radius 3 is 2.69 bits per heavy atom. The Balaban J connectivity index is 1.66. The van der Waals surface area contributed by atoms with E-state index in [9.17, 15) is 14.0 Å². The molecule has 0 aliphatic rings. The van der Waals surface area contributed by atoms with Gasteiger partial charge in [0.25, 0.3) is 11.5 Å². The Kier molecular flexibility index (Phi) is 5.34. The highest BCUT2D eigenvalue weighted by Crippen LogP contribution is 2.21. The quantitative estimate of drug-likeness (QED) is 0.410. The van der Waals surface area contributed by atoms with E-state index in [-0.39, 0.29) is 11.2 Å². The van der Waals surface area contributed by atoms with Gasteiger partial charge in [-0.15, -0.1) is 6.42 Å². The largest absolute Gasteiger partial charge is 0.342 e. The fourth-order valence-corrected chi connectivity index (χ4v) is 4.09. The first-order chi connectivity index (χ1) is 16.9. The lowest BCUT2D eigenvalue weighted by Gasteiger charge is -2.20. The minimum absolute atomic E-state index is 0.263. The number of nitrogens with one attached hydrogen (secondary N) is 1. The van der Waals surface area contributed by atoms with Gasteiger partial charge in [0, 0.05) is 18.0 Å². The van der Waals surface area contributed by atoms with Crippen LogP contribution < -0.4 is 10.9 Å². The first-order valence-corrected chi connectivity index (χ1v) is 10.8. The summed E-state index contributed by atoms with van der Waals surface area (Å²) in [6.07, 6.45) is 8.91. The standard InChI is InChI=1S/C26H19FN6O2/c1-4-17-7-5-8-20-22(17)26(35)33(19-11-9-18(27)10-12-19)23(30-20)16(3)29-25(34)21-15(2)31-32-14-6-13-28-24(21)32/h1,5-14,16H,2-3H3,(H,29,34). The molecule has 5 aromatic rings. The van der Waals surface area contributed by atoms with Gasteiger partial charge in [-0.1, -0.05) is 12.0 Å². The van der Waals surface area contributed by atoms with Crippen LogP contribution in [-0.4, -0.2) is 30.1 Å². The number of benzene rings is 2. The monoisotopic (exact) mass is 466 g/mol. The summed E-state index contributed by atoms with van der Waals surface area (Å²) in [5.74, 6) is 1.92. The van der Waals surface area contributed by atoms with E-state index in [2.05, 4.69) is 26.3 Å². The molecule has 1 N–H and O–H groups in total. The summed E-state index contributed by atoms with van der Waals surface area (Å²) in [7, 11) is 0. The predicted octanol–water partition coefficient (Wildman–Crippen LogP) is 3.35. The summed E-state index contributed by atoms with van der Waals surface area (Å²) in [6, 6.07) is 11.5. The summed E-state index contributed by atoms with van der Waals surface area (Å²) in [5.41, 5.74) is 2.01. The van der Waals surface area contributed by atoms with Gasteiger partial charge >= 0.3 is 0 Å². The molecule has 1 unspecified atom stereocenters. The van der Waals surface area contributed by atoms with Crippen molar-refractivity contribution in [2.75, 3.05) is 0 Å². The number of carbonyl (C=O) groups is 1. The van der Waals surface area contributed by atoms with Crippen LogP contribution in [0.2, 0.25) is 0 Å². The van der Waals surface area contributed by atoms with Gasteiger partial charge in [-0.3, -0.25) is 14.2 Å². The molecule has 0 saturated heterocycles. The maximum Gasteiger partial charge on any atom is 0.267 e. The number of terminal acetylenes is 1. The second kappa shape index (κ2) is 8.50. The Morgan fingerprint density at radius 2 is 1.94 bits per heavy atom. The highest BCUT2D eigenvalue weighted by atomic mass is 19.1. The van der Waals surface area contributed by atoms with Crippen molar-refractivity contribution in [1.29, 1.82) is 0 Å². The number of rotatable bonds is 4. The molecule has 172 valence electrons. The SMILES string of the molecule is C#Cc1cccc2nc(C(C)NC(=O)c3c(C)nn4cccnc34)n(-c3ccc(F)cc3)c(=O)c12. The molecule has 3 heterocycles. The fraction of sp³-hybridized carbons (Fsp3) is 0.115. The van der Waals surface area contributed by atoms with Crippen LogP contribution in [0.1, 0.15) is 40.4 Å². The van der Waals surface area contributed by atoms with Gasteiger partial charge in [0.15, 0.2) is 5.65 Å². The zero-order chi connectivity index (χ0) is 24.7. The molecule has 0 aliphatic heterocycles. The topological polar surface area (TPSA) is 94.2 Å². The lowest BCUT2D eigenvalue weighted by atomic mass is 10.1. The number of aromatic nitrogens is 5. The van der Waals surface area contributed by atoms with Crippen molar-refractivity contribution in [2.24, 2.45) is 0 Å². The Labute approximate surface area is 199 Å². The zero-order valence-corrected chi connectivity index (χ0v) is 18.9. The van der Waals surface area contributed by atoms with Crippen LogP contribution in [0, 0.1) is 25.1 Å². The zero-order valence-electron chi connectivity index (χ0n) is 18.9. The van der Waals surface area contributed by atoms with E-state index < -0.39 is 23.3 Å². The van der Waals surface area contributed by atoms with Crippen molar-refractivity contribution in [3.05, 3.63) is 99.7 Å². The number of fused-ring (bicyclic) bond motifs is 2. The van der Waals surface area contributed by atoms with E-state index >= 15 is 0 Å². The van der Waals surface area contributed by atoms with Gasteiger partial charge in [-0.2, -0.15) is 5.10 Å². The maximum atomic E-state index is 13.7. The van der Waals surface area contributed by atoms with Crippen molar-refractivity contribution in [1.82, 2.24) is 29.5 Å². The van der Waals surface area contributed by atoms with E-state index in [1.165, 1.54) is 33.3 Å². The highest BCUT2D eigenvalue weighted by Gasteiger charge is 2.24. The Hall–Kier alpha value is -4.84. The maximum absolute atomic E-state index is 13.7. The third-order valence-electron chi connectivity index (χ3n) is 5.70. The van der Waals surface area contributed by atoms with E-state index in [0.29, 0.717) is 33.7 Å². The van der Waals surface area contributed by atoms with Crippen LogP contribution in [0.15, 0.2) is 65.7 Å². The van der Waals surface area contributed by atoms with Crippen LogP contribution in [-0.2, 0) is 0 Å². The molecule has 0 aliphatic carbocycles. The summed E-state index contributed by atoms with van der Waals surface area (Å²) < 4.78 is 16.5. The first-order valence-electron chi connectivity index (χ1n) is 10.8. The average molecular weight is 466 g/mol. The molecule has 0 saturated carbocycles. The van der Waals surface area contributed by atoms with Gasteiger partial charge in [0.1, 0.15) is 17.2 Å². The van der Waals surface area contributed by atoms with Crippen molar-refractivity contribution in [2.45, 2.75) is 19.9 Å². The minimum Gasteiger partial charge on any atom is -0.342 e. The number of halogens is 1. The second-order valence-corrected chi connectivity index (χ2v) is 7.97. The molecule has 3 aromatic heterocycles. The Bertz CT molecular complexity index is 1710. The van der Waals surface area contributed by atoms with Crippen LogP contribution in [0.5, 0.6) is 0 Å². The van der Waals surface area contributed by atoms with Gasteiger partial charge in [0.2, 0.25) is 0 Å². The third kappa shape index (κ3) is 3.71. The van der Waals surface area contributed by atoms with Crippen LogP contribution in [0.3, 0.4) is 0 Å². The van der Waals surface area contributed by atoms with Crippen molar-refractivity contribution < 1.29 is 9.18 Å². The first kappa shape index (κ1) is 22.0. The molecule has 0 radical (unpaired) electrons. The van der Waals surface area contributed by atoms with E-state index in [0.717, 1.165) is 0 Å². The average Bonchev–Trinajstić information content (AvgIpc) is 3.19. The van der Waals surface area contributed by atoms with Gasteiger partial charge < -0.3 is 5.32 Å². The molecule has 0 fully saturated rings. The second-order valence-electron chi connectivity index (χ2n) is 7.97. The minimum atomic E-state index is -0.711. The number of amides is 1. The molecular formula is C26H19FN6O2. The summed E-state index contributed by atoms with van der Waals surface area (Å²) in [4.78, 5) is 35.9. The van der Waals surface area contributed by atoms with E-state index in [4.69, 9.17) is 6.42 Å². The summed E-state index contributed by atoms with van der Waals surface area (Å²) in [5, 5.41) is 7.50. The van der Waals surface area contributed by atoms with Gasteiger partial charge in [-0.05, 0) is 56.3 Å². The number of hydrogen-bond donors (Lipinski definition) is 1. The van der Waals surface area contributed by atoms with Crippen molar-refractivity contribution >= 4 is 22.5 Å². The number of hydrogen-bond acceptors (Lipinski definition) is 5. The molecule has 5 rings (SSSR count). The van der Waals surface area contributed by atoms with Gasteiger partial charge in [0.05, 0.1) is 28.3 Å². The van der Waals surface area contributed by atoms with Crippen molar-refractivity contribution in [3.63, 3.8) is 0 Å². The smallest absolute Gasteiger partial charge is 0.267 e. The lowest BCUT2D eigenvalue weighted by molar-refractivity contribution is 0.0938. The number of nitrogens with zero attached hydrogens (tertiary/aromatic N) is 5. The van der Waals surface area contributed by atoms with E-state index in [1.807, 2.05) is 0 Å². The highest BCUT2D eigenvalue weighted by molar-refractivity contribution is 6.01. The molecule has 0 bridgehead atoms. The normalized spacial score (nSPS) is 11.9. The van der Waals surface area contributed by atoms with Crippen LogP contribution >= 0.6 is 0 Å². The molecule has 1 amide bonds. The lowest BCUT2D eigenvalue weighted by Crippen LogP contribution is -2.33. The van der Waals surface area contributed by atoms with Gasteiger partial charge in [-0.25, -0.2) is 18.9 Å². The number of carbonyl (C=O) groups excluding carboxylic acids is 1. The fourth-order valence-electron chi connectivity index (χ4n) is 4.09. The van der Waals surface area contributed by atoms with E-state index in [1.54, 1.807) is 50.5 Å². The van der Waals surface area contributed by atoms with Crippen LogP contribution in [0.4, 0.5) is 4.39 Å². The molecule has 2 aromatic carbocycles. The summed E-state index contributed by atoms with van der Waals surface area (Å²) >= 11 is 0. The predicted molar refractivity (Wildman–Crippen MR) is 129 cm³/mol. The molecule has 9 heteroatoms. The van der Waals surface area contributed by atoms with Crippen molar-refractivity contribution in [3.8, 4) is 18.0 Å².